The van der Waals surface area contributed by atoms with Gasteiger partial charge in [0.2, 0.25) is 5.91 Å². The molecule has 2 aromatic rings. The van der Waals surface area contributed by atoms with E-state index in [4.69, 9.17) is 0 Å². The molecule has 1 saturated heterocycles. The van der Waals surface area contributed by atoms with E-state index in [9.17, 15) is 9.59 Å². The molecule has 1 fully saturated rings. The zero-order valence-corrected chi connectivity index (χ0v) is 18.2. The summed E-state index contributed by atoms with van der Waals surface area (Å²) in [5.74, 6) is 2.06. The normalized spacial score (nSPS) is 13.5. The molecule has 0 saturated carbocycles. The van der Waals surface area contributed by atoms with Gasteiger partial charge in [0.1, 0.15) is 0 Å². The van der Waals surface area contributed by atoms with Gasteiger partial charge in [-0.3, -0.25) is 9.59 Å². The maximum atomic E-state index is 12.4. The van der Waals surface area contributed by atoms with E-state index >= 15 is 0 Å². The van der Waals surface area contributed by atoms with Crippen molar-refractivity contribution in [2.24, 2.45) is 0 Å². The summed E-state index contributed by atoms with van der Waals surface area (Å²) in [6.07, 6.45) is 3.61. The number of carbonyl (C=O) groups excluding carboxylic acids is 2. The first kappa shape index (κ1) is 21.4. The van der Waals surface area contributed by atoms with Gasteiger partial charge in [-0.25, -0.2) is 0 Å². The highest BCUT2D eigenvalue weighted by Gasteiger charge is 2.19. The van der Waals surface area contributed by atoms with Gasteiger partial charge in [0, 0.05) is 36.5 Å². The summed E-state index contributed by atoms with van der Waals surface area (Å²) in [6.45, 7) is 5.80. The summed E-state index contributed by atoms with van der Waals surface area (Å²) in [6, 6.07) is 14.0. The second kappa shape index (κ2) is 10.5. The number of amides is 2. The van der Waals surface area contributed by atoms with Crippen LogP contribution in [-0.4, -0.2) is 35.6 Å². The molecular formula is C24H30N2O2S. The minimum atomic E-state index is 0.0766. The summed E-state index contributed by atoms with van der Waals surface area (Å²) in [7, 11) is 0. The number of rotatable bonds is 8. The predicted octanol–water partition coefficient (Wildman–Crippen LogP) is 5.19. The van der Waals surface area contributed by atoms with Gasteiger partial charge in [-0.15, -0.1) is 0 Å². The Morgan fingerprint density at radius 1 is 1.00 bits per heavy atom. The standard InChI is InChI=1S/C24H30N2O2S/c1-18-7-5-8-19(2)23(18)25-22(27)9-6-16-29-17-20-10-12-21(13-11-20)24(28)26-14-3-4-15-26/h5,7-8,10-13H,3-4,6,9,14-17H2,1-2H3,(H,25,27). The number of carbonyl (C=O) groups is 2. The summed E-state index contributed by atoms with van der Waals surface area (Å²) >= 11 is 1.83. The fourth-order valence-electron chi connectivity index (χ4n) is 3.58. The highest BCUT2D eigenvalue weighted by atomic mass is 32.2. The smallest absolute Gasteiger partial charge is 0.253 e. The van der Waals surface area contributed by atoms with E-state index in [1.165, 1.54) is 5.56 Å². The third-order valence-electron chi connectivity index (χ3n) is 5.30. The van der Waals surface area contributed by atoms with Crippen molar-refractivity contribution in [1.82, 2.24) is 4.90 Å². The van der Waals surface area contributed by atoms with Crippen LogP contribution in [0.2, 0.25) is 0 Å². The molecule has 1 heterocycles. The van der Waals surface area contributed by atoms with Crippen molar-refractivity contribution >= 4 is 29.3 Å². The number of aryl methyl sites for hydroxylation is 2. The molecule has 2 amide bonds. The number of nitrogens with zero attached hydrogens (tertiary/aromatic N) is 1. The lowest BCUT2D eigenvalue weighted by molar-refractivity contribution is -0.116. The van der Waals surface area contributed by atoms with Crippen LogP contribution in [0.1, 0.15) is 52.7 Å². The summed E-state index contributed by atoms with van der Waals surface area (Å²) in [4.78, 5) is 26.5. The molecule has 0 atom stereocenters. The number of para-hydroxylation sites is 1. The van der Waals surface area contributed by atoms with Crippen LogP contribution in [0.25, 0.3) is 0 Å². The predicted molar refractivity (Wildman–Crippen MR) is 122 cm³/mol. The van der Waals surface area contributed by atoms with Crippen molar-refractivity contribution in [1.29, 1.82) is 0 Å². The summed E-state index contributed by atoms with van der Waals surface area (Å²) in [5.41, 5.74) is 5.13. The zero-order chi connectivity index (χ0) is 20.6. The minimum absolute atomic E-state index is 0.0766. The largest absolute Gasteiger partial charge is 0.339 e. The van der Waals surface area contributed by atoms with Gasteiger partial charge in [0.25, 0.3) is 5.91 Å². The Hall–Kier alpha value is -2.27. The van der Waals surface area contributed by atoms with Crippen LogP contribution < -0.4 is 5.32 Å². The van der Waals surface area contributed by atoms with Gasteiger partial charge >= 0.3 is 0 Å². The van der Waals surface area contributed by atoms with E-state index in [-0.39, 0.29) is 11.8 Å². The van der Waals surface area contributed by atoms with Crippen LogP contribution in [0.15, 0.2) is 42.5 Å². The molecule has 4 nitrogen and oxygen atoms in total. The van der Waals surface area contributed by atoms with Crippen LogP contribution in [-0.2, 0) is 10.5 Å². The first-order valence-corrected chi connectivity index (χ1v) is 11.5. The molecular weight excluding hydrogens is 380 g/mol. The number of nitrogens with one attached hydrogen (secondary N) is 1. The summed E-state index contributed by atoms with van der Waals surface area (Å²) in [5, 5.41) is 3.04. The van der Waals surface area contributed by atoms with Gasteiger partial charge in [0.15, 0.2) is 0 Å². The monoisotopic (exact) mass is 410 g/mol. The van der Waals surface area contributed by atoms with E-state index in [0.717, 1.165) is 66.2 Å². The van der Waals surface area contributed by atoms with Crippen molar-refractivity contribution < 1.29 is 9.59 Å². The molecule has 29 heavy (non-hydrogen) atoms. The Balaban J connectivity index is 1.36. The number of hydrogen-bond donors (Lipinski definition) is 1. The highest BCUT2D eigenvalue weighted by molar-refractivity contribution is 7.98. The molecule has 0 spiro atoms. The number of hydrogen-bond acceptors (Lipinski definition) is 3. The van der Waals surface area contributed by atoms with E-state index < -0.39 is 0 Å². The number of benzene rings is 2. The van der Waals surface area contributed by atoms with Gasteiger partial charge < -0.3 is 10.2 Å². The van der Waals surface area contributed by atoms with Crippen LogP contribution in [0.5, 0.6) is 0 Å². The van der Waals surface area contributed by atoms with E-state index in [1.807, 2.05) is 73.0 Å². The molecule has 3 rings (SSSR count). The maximum absolute atomic E-state index is 12.4. The first-order valence-electron chi connectivity index (χ1n) is 10.4. The average Bonchev–Trinajstić information content (AvgIpc) is 3.25. The van der Waals surface area contributed by atoms with E-state index in [1.54, 1.807) is 0 Å². The van der Waals surface area contributed by atoms with Crippen molar-refractivity contribution in [2.45, 2.75) is 45.3 Å². The molecule has 5 heteroatoms. The topological polar surface area (TPSA) is 49.4 Å². The lowest BCUT2D eigenvalue weighted by atomic mass is 10.1. The number of anilines is 1. The first-order chi connectivity index (χ1) is 14.0. The van der Waals surface area contributed by atoms with Crippen LogP contribution >= 0.6 is 11.8 Å². The molecule has 154 valence electrons. The lowest BCUT2D eigenvalue weighted by Gasteiger charge is -2.15. The second-order valence-corrected chi connectivity index (χ2v) is 8.77. The molecule has 0 aromatic heterocycles. The van der Waals surface area contributed by atoms with Gasteiger partial charge in [-0.2, -0.15) is 11.8 Å². The Morgan fingerprint density at radius 2 is 1.66 bits per heavy atom. The lowest BCUT2D eigenvalue weighted by Crippen LogP contribution is -2.27. The fourth-order valence-corrected chi connectivity index (χ4v) is 4.51. The van der Waals surface area contributed by atoms with Crippen molar-refractivity contribution in [3.8, 4) is 0 Å². The van der Waals surface area contributed by atoms with Crippen LogP contribution in [0.4, 0.5) is 5.69 Å². The SMILES string of the molecule is Cc1cccc(C)c1NC(=O)CCCSCc1ccc(C(=O)N2CCCC2)cc1. The Morgan fingerprint density at radius 3 is 2.31 bits per heavy atom. The van der Waals surface area contributed by atoms with Crippen LogP contribution in [0.3, 0.4) is 0 Å². The molecule has 0 unspecified atom stereocenters. The van der Waals surface area contributed by atoms with Gasteiger partial charge in [-0.1, -0.05) is 30.3 Å². The Labute approximate surface area is 178 Å². The molecule has 1 N–H and O–H groups in total. The Kier molecular flexibility index (Phi) is 7.76. The van der Waals surface area contributed by atoms with Gasteiger partial charge in [0.05, 0.1) is 0 Å². The summed E-state index contributed by atoms with van der Waals surface area (Å²) < 4.78 is 0. The van der Waals surface area contributed by atoms with Crippen molar-refractivity contribution in [3.63, 3.8) is 0 Å². The minimum Gasteiger partial charge on any atom is -0.339 e. The zero-order valence-electron chi connectivity index (χ0n) is 17.4. The molecule has 1 aliphatic rings. The Bertz CT molecular complexity index is 822. The van der Waals surface area contributed by atoms with E-state index in [0.29, 0.717) is 6.42 Å². The number of likely N-dealkylation sites (tertiary alicyclic amines) is 1. The number of thioether (sulfide) groups is 1. The molecule has 0 radical (unpaired) electrons. The quantitative estimate of drug-likeness (QED) is 0.609. The second-order valence-electron chi connectivity index (χ2n) is 7.67. The highest BCUT2D eigenvalue weighted by Crippen LogP contribution is 2.20. The molecule has 2 aromatic carbocycles. The van der Waals surface area contributed by atoms with Crippen LogP contribution in [0, 0.1) is 13.8 Å². The van der Waals surface area contributed by atoms with Gasteiger partial charge in [-0.05, 0) is 67.7 Å². The molecule has 1 aliphatic heterocycles. The molecule has 0 bridgehead atoms. The van der Waals surface area contributed by atoms with Crippen molar-refractivity contribution in [2.75, 3.05) is 24.2 Å². The molecule has 0 aliphatic carbocycles. The van der Waals surface area contributed by atoms with Crippen molar-refractivity contribution in [3.05, 3.63) is 64.7 Å². The fraction of sp³-hybridized carbons (Fsp3) is 0.417. The third kappa shape index (κ3) is 6.10. The maximum Gasteiger partial charge on any atom is 0.253 e. The third-order valence-corrected chi connectivity index (χ3v) is 6.42. The van der Waals surface area contributed by atoms with E-state index in [2.05, 4.69) is 5.32 Å². The average molecular weight is 411 g/mol.